The van der Waals surface area contributed by atoms with Gasteiger partial charge in [0.15, 0.2) is 5.60 Å². The van der Waals surface area contributed by atoms with Crippen LogP contribution in [0.5, 0.6) is 0 Å². The van der Waals surface area contributed by atoms with Crippen molar-refractivity contribution in [2.75, 3.05) is 0 Å². The summed E-state index contributed by atoms with van der Waals surface area (Å²) in [6, 6.07) is 9.40. The van der Waals surface area contributed by atoms with Crippen molar-refractivity contribution in [3.63, 3.8) is 0 Å². The van der Waals surface area contributed by atoms with Crippen molar-refractivity contribution < 1.29 is 9.53 Å². The molecule has 0 amide bonds. The van der Waals surface area contributed by atoms with Crippen LogP contribution >= 0.6 is 0 Å². The van der Waals surface area contributed by atoms with Gasteiger partial charge in [-0.2, -0.15) is 0 Å². The molecule has 0 saturated carbocycles. The number of terminal acetylenes is 1. The second-order valence-electron chi connectivity index (χ2n) is 4.12. The molecular formula is C15H18O2. The van der Waals surface area contributed by atoms with Crippen LogP contribution in [0.4, 0.5) is 0 Å². The van der Waals surface area contributed by atoms with Gasteiger partial charge in [0, 0.05) is 12.0 Å². The van der Waals surface area contributed by atoms with Crippen LogP contribution in [0.15, 0.2) is 30.3 Å². The molecule has 2 heteroatoms. The van der Waals surface area contributed by atoms with Crippen molar-refractivity contribution in [1.29, 1.82) is 0 Å². The zero-order valence-corrected chi connectivity index (χ0v) is 10.4. The summed E-state index contributed by atoms with van der Waals surface area (Å²) in [7, 11) is 0. The maximum atomic E-state index is 11.6. The first-order valence-electron chi connectivity index (χ1n) is 5.87. The van der Waals surface area contributed by atoms with Gasteiger partial charge >= 0.3 is 5.97 Å². The highest BCUT2D eigenvalue weighted by atomic mass is 16.6. The summed E-state index contributed by atoms with van der Waals surface area (Å²) >= 11 is 0. The van der Waals surface area contributed by atoms with E-state index in [1.165, 1.54) is 0 Å². The molecule has 1 unspecified atom stereocenters. The van der Waals surface area contributed by atoms with Crippen LogP contribution in [0.1, 0.15) is 38.7 Å². The van der Waals surface area contributed by atoms with Gasteiger partial charge in [0.1, 0.15) is 0 Å². The lowest BCUT2D eigenvalue weighted by Gasteiger charge is -2.24. The van der Waals surface area contributed by atoms with Gasteiger partial charge in [-0.3, -0.25) is 4.79 Å². The lowest BCUT2D eigenvalue weighted by molar-refractivity contribution is -0.154. The first-order valence-corrected chi connectivity index (χ1v) is 5.87. The Labute approximate surface area is 103 Å². The zero-order chi connectivity index (χ0) is 12.7. The molecule has 0 radical (unpaired) electrons. The largest absolute Gasteiger partial charge is 0.442 e. The van der Waals surface area contributed by atoms with E-state index in [4.69, 9.17) is 11.2 Å². The number of esters is 1. The normalized spacial score (nSPS) is 13.5. The molecule has 1 aromatic carbocycles. The predicted molar refractivity (Wildman–Crippen MR) is 68.2 cm³/mol. The first kappa shape index (κ1) is 13.3. The number of hydrogen-bond donors (Lipinski definition) is 0. The highest BCUT2D eigenvalue weighted by Crippen LogP contribution is 2.25. The average Bonchev–Trinajstić information content (AvgIpc) is 2.37. The summed E-state index contributed by atoms with van der Waals surface area (Å²) in [6.45, 7) is 3.77. The molecule has 0 aliphatic heterocycles. The van der Waals surface area contributed by atoms with Crippen molar-refractivity contribution in [3.05, 3.63) is 35.9 Å². The molecule has 0 saturated heterocycles. The molecule has 0 heterocycles. The van der Waals surface area contributed by atoms with E-state index < -0.39 is 5.60 Å². The molecule has 2 nitrogen and oxygen atoms in total. The molecule has 0 aromatic heterocycles. The van der Waals surface area contributed by atoms with Crippen LogP contribution in [0.3, 0.4) is 0 Å². The highest BCUT2D eigenvalue weighted by Gasteiger charge is 2.28. The lowest BCUT2D eigenvalue weighted by atomic mass is 9.97. The minimum Gasteiger partial charge on any atom is -0.442 e. The highest BCUT2D eigenvalue weighted by molar-refractivity contribution is 5.70. The fourth-order valence-corrected chi connectivity index (χ4v) is 1.53. The van der Waals surface area contributed by atoms with Crippen LogP contribution < -0.4 is 0 Å². The number of carbonyl (C=O) groups is 1. The number of hydrogen-bond acceptors (Lipinski definition) is 2. The second kappa shape index (κ2) is 6.10. The third kappa shape index (κ3) is 3.64. The van der Waals surface area contributed by atoms with Crippen molar-refractivity contribution in [2.24, 2.45) is 0 Å². The van der Waals surface area contributed by atoms with Crippen molar-refractivity contribution >= 4 is 5.97 Å². The van der Waals surface area contributed by atoms with E-state index in [0.717, 1.165) is 18.4 Å². The Balaban J connectivity index is 2.77. The summed E-state index contributed by atoms with van der Waals surface area (Å²) in [4.78, 5) is 11.6. The first-order chi connectivity index (χ1) is 8.12. The van der Waals surface area contributed by atoms with Gasteiger partial charge in [-0.25, -0.2) is 0 Å². The second-order valence-corrected chi connectivity index (χ2v) is 4.12. The molecule has 0 N–H and O–H groups in total. The van der Waals surface area contributed by atoms with Gasteiger partial charge in [-0.1, -0.05) is 49.6 Å². The Morgan fingerprint density at radius 1 is 1.41 bits per heavy atom. The number of ether oxygens (including phenoxy) is 1. The summed E-state index contributed by atoms with van der Waals surface area (Å²) in [5, 5.41) is 0. The van der Waals surface area contributed by atoms with Crippen molar-refractivity contribution in [2.45, 2.75) is 38.7 Å². The van der Waals surface area contributed by atoms with Crippen LogP contribution in [0.25, 0.3) is 0 Å². The molecule has 90 valence electrons. The van der Waals surface area contributed by atoms with Crippen molar-refractivity contribution in [1.82, 2.24) is 0 Å². The SMILES string of the molecule is C#CC(C)(OC(=O)CCCC)c1ccccc1. The van der Waals surface area contributed by atoms with Crippen LogP contribution in [-0.2, 0) is 15.1 Å². The van der Waals surface area contributed by atoms with Gasteiger partial charge < -0.3 is 4.74 Å². The van der Waals surface area contributed by atoms with Gasteiger partial charge in [0.25, 0.3) is 0 Å². The smallest absolute Gasteiger partial charge is 0.307 e. The number of unbranched alkanes of at least 4 members (excludes halogenated alkanes) is 1. The fraction of sp³-hybridized carbons (Fsp3) is 0.400. The molecule has 0 fully saturated rings. The maximum absolute atomic E-state index is 11.6. The molecule has 0 aliphatic carbocycles. The molecule has 0 bridgehead atoms. The van der Waals surface area contributed by atoms with E-state index in [2.05, 4.69) is 5.92 Å². The number of rotatable bonds is 5. The standard InChI is InChI=1S/C15H18O2/c1-4-6-12-14(16)17-15(3,5-2)13-10-8-7-9-11-13/h2,7-11H,4,6,12H2,1,3H3. The molecule has 0 spiro atoms. The van der Waals surface area contributed by atoms with Crippen LogP contribution in [-0.4, -0.2) is 5.97 Å². The molecule has 1 atom stereocenters. The molecular weight excluding hydrogens is 212 g/mol. The topological polar surface area (TPSA) is 26.3 Å². The van der Waals surface area contributed by atoms with Gasteiger partial charge in [-0.15, -0.1) is 6.42 Å². The lowest BCUT2D eigenvalue weighted by Crippen LogP contribution is -2.27. The Morgan fingerprint density at radius 2 is 2.06 bits per heavy atom. The minimum absolute atomic E-state index is 0.240. The Bertz CT molecular complexity index is 403. The zero-order valence-electron chi connectivity index (χ0n) is 10.4. The van der Waals surface area contributed by atoms with Gasteiger partial charge in [0.05, 0.1) is 0 Å². The van der Waals surface area contributed by atoms with E-state index >= 15 is 0 Å². The van der Waals surface area contributed by atoms with Gasteiger partial charge in [0.2, 0.25) is 0 Å². The number of carbonyl (C=O) groups excluding carboxylic acids is 1. The summed E-state index contributed by atoms with van der Waals surface area (Å²) in [5.74, 6) is 2.32. The summed E-state index contributed by atoms with van der Waals surface area (Å²) in [6.07, 6.45) is 7.70. The maximum Gasteiger partial charge on any atom is 0.307 e. The molecule has 17 heavy (non-hydrogen) atoms. The average molecular weight is 230 g/mol. The fourth-order valence-electron chi connectivity index (χ4n) is 1.53. The van der Waals surface area contributed by atoms with Crippen LogP contribution in [0.2, 0.25) is 0 Å². The third-order valence-electron chi connectivity index (χ3n) is 2.65. The predicted octanol–water partition coefficient (Wildman–Crippen LogP) is 3.27. The van der Waals surface area contributed by atoms with Crippen LogP contribution in [0, 0.1) is 12.3 Å². The van der Waals surface area contributed by atoms with E-state index in [1.54, 1.807) is 6.92 Å². The van der Waals surface area contributed by atoms with E-state index in [9.17, 15) is 4.79 Å². The van der Waals surface area contributed by atoms with E-state index in [-0.39, 0.29) is 5.97 Å². The monoisotopic (exact) mass is 230 g/mol. The third-order valence-corrected chi connectivity index (χ3v) is 2.65. The van der Waals surface area contributed by atoms with E-state index in [0.29, 0.717) is 6.42 Å². The Hall–Kier alpha value is -1.75. The molecule has 1 aromatic rings. The van der Waals surface area contributed by atoms with E-state index in [1.807, 2.05) is 37.3 Å². The molecule has 0 aliphatic rings. The summed E-state index contributed by atoms with van der Waals surface area (Å²) < 4.78 is 5.40. The Kier molecular flexibility index (Phi) is 4.78. The Morgan fingerprint density at radius 3 is 2.59 bits per heavy atom. The number of benzene rings is 1. The minimum atomic E-state index is -0.966. The quantitative estimate of drug-likeness (QED) is 0.573. The molecule has 1 rings (SSSR count). The van der Waals surface area contributed by atoms with Crippen molar-refractivity contribution in [3.8, 4) is 12.3 Å². The summed E-state index contributed by atoms with van der Waals surface area (Å²) in [5.41, 5.74) is -0.140. The van der Waals surface area contributed by atoms with Gasteiger partial charge in [-0.05, 0) is 13.3 Å².